The van der Waals surface area contributed by atoms with E-state index in [2.05, 4.69) is 9.71 Å². The normalized spacial score (nSPS) is 14.4. The number of nitrogens with zero attached hydrogens (tertiary/aromatic N) is 4. The maximum Gasteiger partial charge on any atom is 0.261 e. The quantitative estimate of drug-likeness (QED) is 0.729. The second-order valence-corrected chi connectivity index (χ2v) is 10.2. The van der Waals surface area contributed by atoms with E-state index in [9.17, 15) is 9.00 Å². The number of rotatable bonds is 4. The minimum Gasteiger partial charge on any atom is -0.340 e. The summed E-state index contributed by atoms with van der Waals surface area (Å²) in [5.74, 6) is 0.507. The minimum atomic E-state index is -1.24. The van der Waals surface area contributed by atoms with Crippen molar-refractivity contribution in [2.75, 3.05) is 0 Å². The standard InChI is InChI=1S/C20H27N5O2S/c1-12-8-14(13(2)23-28(27)20(3,4)5)17-15(9-12)19(26)25(7)18(22-17)16-10-24(6)11-21-16/h8-11,13,23H,1-7H3/t13-,28?/m1/s1. The van der Waals surface area contributed by atoms with Gasteiger partial charge in [0.05, 0.1) is 33.0 Å². The zero-order chi connectivity index (χ0) is 20.8. The molecule has 0 spiro atoms. The predicted molar refractivity (Wildman–Crippen MR) is 113 cm³/mol. The molecule has 1 aromatic carbocycles. The number of aromatic nitrogens is 4. The molecule has 3 rings (SSSR count). The second-order valence-electron chi connectivity index (χ2n) is 8.19. The second kappa shape index (κ2) is 7.25. The Labute approximate surface area is 167 Å². The SMILES string of the molecule is Cc1cc([C@@H](C)NS(=O)C(C)(C)C)c2nc(-c3cn(C)cn3)n(C)c(=O)c2c1. The average molecular weight is 402 g/mol. The zero-order valence-corrected chi connectivity index (χ0v) is 18.2. The fourth-order valence-electron chi connectivity index (χ4n) is 3.04. The van der Waals surface area contributed by atoms with Crippen LogP contribution in [0.15, 0.2) is 29.5 Å². The van der Waals surface area contributed by atoms with Gasteiger partial charge in [-0.2, -0.15) is 0 Å². The number of nitrogens with one attached hydrogen (secondary N) is 1. The molecule has 0 aliphatic heterocycles. The molecule has 0 aliphatic carbocycles. The van der Waals surface area contributed by atoms with Crippen LogP contribution in [-0.2, 0) is 25.1 Å². The number of aryl methyl sites for hydroxylation is 2. The largest absolute Gasteiger partial charge is 0.340 e. The molecule has 0 radical (unpaired) electrons. The lowest BCUT2D eigenvalue weighted by Crippen LogP contribution is -2.35. The lowest BCUT2D eigenvalue weighted by Gasteiger charge is -2.23. The molecular weight excluding hydrogens is 374 g/mol. The van der Waals surface area contributed by atoms with Crippen LogP contribution in [0.2, 0.25) is 0 Å². The van der Waals surface area contributed by atoms with Gasteiger partial charge in [-0.3, -0.25) is 9.36 Å². The molecule has 8 heteroatoms. The van der Waals surface area contributed by atoms with Crippen molar-refractivity contribution < 1.29 is 4.21 Å². The summed E-state index contributed by atoms with van der Waals surface area (Å²) in [7, 11) is 2.34. The van der Waals surface area contributed by atoms with Crippen LogP contribution >= 0.6 is 0 Å². The average Bonchev–Trinajstić information content (AvgIpc) is 3.03. The monoisotopic (exact) mass is 401 g/mol. The lowest BCUT2D eigenvalue weighted by molar-refractivity contribution is 0.617. The molecule has 0 saturated carbocycles. The topological polar surface area (TPSA) is 81.8 Å². The molecule has 3 aromatic rings. The van der Waals surface area contributed by atoms with E-state index in [4.69, 9.17) is 4.98 Å². The van der Waals surface area contributed by atoms with E-state index >= 15 is 0 Å². The molecule has 150 valence electrons. The van der Waals surface area contributed by atoms with Gasteiger partial charge in [0.2, 0.25) is 0 Å². The highest BCUT2D eigenvalue weighted by atomic mass is 32.2. The highest BCUT2D eigenvalue weighted by molar-refractivity contribution is 7.84. The van der Waals surface area contributed by atoms with E-state index in [0.29, 0.717) is 22.4 Å². The van der Waals surface area contributed by atoms with E-state index in [1.165, 1.54) is 4.57 Å². The molecule has 1 N–H and O–H groups in total. The van der Waals surface area contributed by atoms with Gasteiger partial charge >= 0.3 is 0 Å². The molecule has 0 aliphatic rings. The first-order valence-electron chi connectivity index (χ1n) is 9.16. The number of hydrogen-bond donors (Lipinski definition) is 1. The highest BCUT2D eigenvalue weighted by Gasteiger charge is 2.24. The first-order chi connectivity index (χ1) is 13.0. The Morgan fingerprint density at radius 3 is 2.46 bits per heavy atom. The summed E-state index contributed by atoms with van der Waals surface area (Å²) in [4.78, 5) is 22.2. The fourth-order valence-corrected chi connectivity index (χ4v) is 3.84. The number of imidazole rings is 1. The van der Waals surface area contributed by atoms with E-state index < -0.39 is 15.7 Å². The number of fused-ring (bicyclic) bond motifs is 1. The maximum atomic E-state index is 13.0. The highest BCUT2D eigenvalue weighted by Crippen LogP contribution is 2.26. The summed E-state index contributed by atoms with van der Waals surface area (Å²) >= 11 is 0. The summed E-state index contributed by atoms with van der Waals surface area (Å²) < 4.78 is 18.7. The van der Waals surface area contributed by atoms with Crippen molar-refractivity contribution in [2.45, 2.75) is 45.4 Å². The molecular formula is C20H27N5O2S. The van der Waals surface area contributed by atoms with Crippen LogP contribution in [0.5, 0.6) is 0 Å². The van der Waals surface area contributed by atoms with Gasteiger partial charge in [-0.15, -0.1) is 0 Å². The van der Waals surface area contributed by atoms with Gasteiger partial charge < -0.3 is 4.57 Å². The molecule has 28 heavy (non-hydrogen) atoms. The van der Waals surface area contributed by atoms with E-state index in [-0.39, 0.29) is 11.6 Å². The minimum absolute atomic E-state index is 0.125. The summed E-state index contributed by atoms with van der Waals surface area (Å²) in [5, 5.41) is 0.548. The van der Waals surface area contributed by atoms with E-state index in [1.807, 2.05) is 64.6 Å². The Bertz CT molecular complexity index is 1120. The Morgan fingerprint density at radius 2 is 1.89 bits per heavy atom. The van der Waals surface area contributed by atoms with Crippen molar-refractivity contribution >= 4 is 21.9 Å². The van der Waals surface area contributed by atoms with Gasteiger partial charge in [0.1, 0.15) is 5.69 Å². The van der Waals surface area contributed by atoms with Gasteiger partial charge in [0.15, 0.2) is 5.82 Å². The van der Waals surface area contributed by atoms with Crippen LogP contribution in [0.1, 0.15) is 44.9 Å². The van der Waals surface area contributed by atoms with E-state index in [1.54, 1.807) is 13.4 Å². The smallest absolute Gasteiger partial charge is 0.261 e. The molecule has 2 aromatic heterocycles. The molecule has 0 saturated heterocycles. The third kappa shape index (κ3) is 3.79. The van der Waals surface area contributed by atoms with Crippen LogP contribution < -0.4 is 10.3 Å². The van der Waals surface area contributed by atoms with Crippen molar-refractivity contribution in [1.82, 2.24) is 23.8 Å². The van der Waals surface area contributed by atoms with Crippen LogP contribution in [0.4, 0.5) is 0 Å². The van der Waals surface area contributed by atoms with E-state index in [0.717, 1.165) is 11.1 Å². The van der Waals surface area contributed by atoms with Gasteiger partial charge in [-0.25, -0.2) is 18.9 Å². The molecule has 2 atom stereocenters. The van der Waals surface area contributed by atoms with Crippen molar-refractivity contribution in [2.24, 2.45) is 14.1 Å². The third-order valence-corrected chi connectivity index (χ3v) is 6.27. The third-order valence-electron chi connectivity index (χ3n) is 4.59. The van der Waals surface area contributed by atoms with Gasteiger partial charge in [-0.1, -0.05) is 6.07 Å². The molecule has 0 amide bonds. The van der Waals surface area contributed by atoms with Crippen molar-refractivity contribution in [3.63, 3.8) is 0 Å². The first-order valence-corrected chi connectivity index (χ1v) is 10.3. The lowest BCUT2D eigenvalue weighted by atomic mass is 10.0. The van der Waals surface area contributed by atoms with Crippen LogP contribution in [0.25, 0.3) is 22.4 Å². The number of hydrogen-bond acceptors (Lipinski definition) is 4. The summed E-state index contributed by atoms with van der Waals surface area (Å²) in [6.07, 6.45) is 3.51. The molecule has 0 fully saturated rings. The number of benzene rings is 1. The molecule has 2 heterocycles. The predicted octanol–water partition coefficient (Wildman–Crippen LogP) is 2.76. The van der Waals surface area contributed by atoms with Crippen LogP contribution in [0, 0.1) is 6.92 Å². The van der Waals surface area contributed by atoms with Crippen LogP contribution in [-0.4, -0.2) is 28.1 Å². The maximum absolute atomic E-state index is 13.0. The molecule has 0 bridgehead atoms. The summed E-state index contributed by atoms with van der Waals surface area (Å²) in [6.45, 7) is 9.65. The van der Waals surface area contributed by atoms with Gasteiger partial charge in [0, 0.05) is 26.3 Å². The van der Waals surface area contributed by atoms with Crippen molar-refractivity contribution in [3.8, 4) is 11.5 Å². The van der Waals surface area contributed by atoms with Crippen LogP contribution in [0.3, 0.4) is 0 Å². The summed E-state index contributed by atoms with van der Waals surface area (Å²) in [6, 6.07) is 3.61. The zero-order valence-electron chi connectivity index (χ0n) is 17.4. The van der Waals surface area contributed by atoms with Crippen molar-refractivity contribution in [1.29, 1.82) is 0 Å². The summed E-state index contributed by atoms with van der Waals surface area (Å²) in [5.41, 5.74) is 2.93. The molecule has 7 nitrogen and oxygen atoms in total. The Morgan fingerprint density at radius 1 is 1.21 bits per heavy atom. The Balaban J connectivity index is 2.22. The fraction of sp³-hybridized carbons (Fsp3) is 0.450. The molecule has 1 unspecified atom stereocenters. The Kier molecular flexibility index (Phi) is 5.29. The van der Waals surface area contributed by atoms with Gasteiger partial charge in [-0.05, 0) is 51.8 Å². The van der Waals surface area contributed by atoms with Gasteiger partial charge in [0.25, 0.3) is 5.56 Å². The first kappa shape index (κ1) is 20.4. The Hall–Kier alpha value is -2.32. The van der Waals surface area contributed by atoms with Crippen molar-refractivity contribution in [3.05, 3.63) is 46.1 Å².